The lowest BCUT2D eigenvalue weighted by Gasteiger charge is -2.43. The maximum Gasteiger partial charge on any atom is 0.220 e. The van der Waals surface area contributed by atoms with Crippen LogP contribution >= 0.6 is 11.6 Å². The summed E-state index contributed by atoms with van der Waals surface area (Å²) in [6.45, 7) is 15.1. The Balaban J connectivity index is 2.79. The van der Waals surface area contributed by atoms with Crippen LogP contribution in [0.4, 0.5) is 0 Å². The van der Waals surface area contributed by atoms with Crippen LogP contribution in [0.3, 0.4) is 0 Å². The molecule has 0 aromatic heterocycles. The Morgan fingerprint density at radius 3 is 2.60 bits per heavy atom. The summed E-state index contributed by atoms with van der Waals surface area (Å²) in [5.41, 5.74) is 0.947. The minimum Gasteiger partial charge on any atom is -0.412 e. The molecule has 0 aromatic carbocycles. The zero-order chi connectivity index (χ0) is 15.6. The highest BCUT2D eigenvalue weighted by molar-refractivity contribution is 6.74. The van der Waals surface area contributed by atoms with E-state index in [1.165, 1.54) is 0 Å². The molecule has 0 saturated carbocycles. The Labute approximate surface area is 129 Å². The largest absolute Gasteiger partial charge is 0.412 e. The summed E-state index contributed by atoms with van der Waals surface area (Å²) in [4.78, 5) is 11.6. The Bertz CT molecular complexity index is 377. The third kappa shape index (κ3) is 4.60. The van der Waals surface area contributed by atoms with Crippen molar-refractivity contribution in [1.29, 1.82) is 0 Å². The first-order valence-electron chi connectivity index (χ1n) is 7.26. The third-order valence-electron chi connectivity index (χ3n) is 4.40. The summed E-state index contributed by atoms with van der Waals surface area (Å²) in [6.07, 6.45) is 2.12. The minimum absolute atomic E-state index is 0.0108. The molecule has 1 N–H and O–H groups in total. The van der Waals surface area contributed by atoms with E-state index in [9.17, 15) is 4.79 Å². The van der Waals surface area contributed by atoms with E-state index in [1.54, 1.807) is 0 Å². The molecular formula is C15H28ClNO2Si. The fourth-order valence-corrected chi connectivity index (χ4v) is 3.59. The maximum atomic E-state index is 11.6. The number of carbonyl (C=O) groups is 1. The van der Waals surface area contributed by atoms with Gasteiger partial charge in [0.1, 0.15) is 0 Å². The van der Waals surface area contributed by atoms with Gasteiger partial charge in [-0.25, -0.2) is 0 Å². The Morgan fingerprint density at radius 2 is 2.10 bits per heavy atom. The van der Waals surface area contributed by atoms with Crippen molar-refractivity contribution in [3.8, 4) is 0 Å². The van der Waals surface area contributed by atoms with Gasteiger partial charge in [0.2, 0.25) is 5.91 Å². The van der Waals surface area contributed by atoms with Gasteiger partial charge in [0.15, 0.2) is 8.32 Å². The highest BCUT2D eigenvalue weighted by Crippen LogP contribution is 2.38. The lowest BCUT2D eigenvalue weighted by atomic mass is 9.96. The van der Waals surface area contributed by atoms with Crippen LogP contribution in [0, 0.1) is 0 Å². The molecule has 116 valence electrons. The molecule has 0 aliphatic carbocycles. The second-order valence-electron chi connectivity index (χ2n) is 7.22. The maximum absolute atomic E-state index is 11.6. The van der Waals surface area contributed by atoms with Crippen molar-refractivity contribution < 1.29 is 9.22 Å². The molecule has 1 rings (SSSR count). The fraction of sp³-hybridized carbons (Fsp3) is 0.800. The molecule has 0 spiro atoms. The van der Waals surface area contributed by atoms with Gasteiger partial charge in [0, 0.05) is 12.3 Å². The second-order valence-corrected chi connectivity index (χ2v) is 12.2. The molecule has 20 heavy (non-hydrogen) atoms. The van der Waals surface area contributed by atoms with Crippen LogP contribution in [-0.2, 0) is 9.22 Å². The molecule has 1 amide bonds. The lowest BCUT2D eigenvalue weighted by Crippen LogP contribution is -2.54. The van der Waals surface area contributed by atoms with Crippen LogP contribution in [0.15, 0.2) is 12.2 Å². The summed E-state index contributed by atoms with van der Waals surface area (Å²) < 4.78 is 6.49. The summed E-state index contributed by atoms with van der Waals surface area (Å²) >= 11 is 5.82. The highest BCUT2D eigenvalue weighted by atomic mass is 35.5. The fourth-order valence-electron chi connectivity index (χ4n) is 2.09. The summed E-state index contributed by atoms with van der Waals surface area (Å²) in [5, 5.41) is 3.21. The van der Waals surface area contributed by atoms with Crippen molar-refractivity contribution in [2.75, 3.05) is 5.88 Å². The topological polar surface area (TPSA) is 38.3 Å². The molecule has 3 nitrogen and oxygen atoms in total. The minimum atomic E-state index is -1.83. The Kier molecular flexibility index (Phi) is 5.87. The van der Waals surface area contributed by atoms with Crippen molar-refractivity contribution in [2.24, 2.45) is 0 Å². The van der Waals surface area contributed by atoms with Gasteiger partial charge in [-0.05, 0) is 31.0 Å². The number of hydrogen-bond donors (Lipinski definition) is 1. The molecule has 1 aliphatic rings. The predicted octanol–water partition coefficient (Wildman–Crippen LogP) is 3.84. The van der Waals surface area contributed by atoms with Gasteiger partial charge < -0.3 is 9.74 Å². The van der Waals surface area contributed by atoms with Crippen LogP contribution in [0.25, 0.3) is 0 Å². The zero-order valence-electron chi connectivity index (χ0n) is 13.4. The molecule has 0 radical (unpaired) electrons. The molecule has 1 unspecified atom stereocenters. The van der Waals surface area contributed by atoms with Crippen LogP contribution in [0.5, 0.6) is 0 Å². The molecular weight excluding hydrogens is 290 g/mol. The van der Waals surface area contributed by atoms with E-state index in [2.05, 4.69) is 45.8 Å². The van der Waals surface area contributed by atoms with Crippen LogP contribution in [-0.4, -0.2) is 32.3 Å². The quantitative estimate of drug-likeness (QED) is 0.475. The van der Waals surface area contributed by atoms with E-state index in [4.69, 9.17) is 16.0 Å². The zero-order valence-corrected chi connectivity index (χ0v) is 15.1. The number of hydrogen-bond acceptors (Lipinski definition) is 2. The van der Waals surface area contributed by atoms with Crippen molar-refractivity contribution >= 4 is 25.8 Å². The molecule has 1 aliphatic heterocycles. The lowest BCUT2D eigenvalue weighted by molar-refractivity contribution is -0.125. The van der Waals surface area contributed by atoms with E-state index in [-0.39, 0.29) is 23.1 Å². The van der Waals surface area contributed by atoms with Crippen LogP contribution in [0.1, 0.15) is 40.0 Å². The first kappa shape index (κ1) is 17.7. The number of nitrogens with one attached hydrogen (secondary N) is 1. The number of amides is 1. The van der Waals surface area contributed by atoms with Gasteiger partial charge >= 0.3 is 0 Å². The van der Waals surface area contributed by atoms with E-state index in [0.29, 0.717) is 18.7 Å². The monoisotopic (exact) mass is 317 g/mol. The molecule has 1 heterocycles. The average molecular weight is 318 g/mol. The SMILES string of the molecule is C=C(CCl)CC1NC(=O)CC[C@@H]1O[Si](C)(C)C(C)(C)C. The van der Waals surface area contributed by atoms with Crippen molar-refractivity contribution in [3.05, 3.63) is 12.2 Å². The second kappa shape index (κ2) is 6.63. The number of alkyl halides is 1. The van der Waals surface area contributed by atoms with Crippen molar-refractivity contribution in [3.63, 3.8) is 0 Å². The number of halogens is 1. The Hall–Kier alpha value is -0.323. The van der Waals surface area contributed by atoms with Gasteiger partial charge in [0.05, 0.1) is 12.1 Å². The molecule has 2 atom stereocenters. The summed E-state index contributed by atoms with van der Waals surface area (Å²) in [5.74, 6) is 0.534. The van der Waals surface area contributed by atoms with Gasteiger partial charge in [-0.15, -0.1) is 11.6 Å². The number of piperidine rings is 1. The molecule has 5 heteroatoms. The van der Waals surface area contributed by atoms with Gasteiger partial charge in [0.25, 0.3) is 0 Å². The standard InChI is InChI=1S/C15H28ClNO2Si/c1-11(10-16)9-12-13(7-8-14(18)17-12)19-20(5,6)15(2,3)4/h12-13H,1,7-10H2,2-6H3,(H,17,18)/t12?,13-/m0/s1. The third-order valence-corrected chi connectivity index (χ3v) is 9.28. The Morgan fingerprint density at radius 1 is 1.50 bits per heavy atom. The molecule has 0 aromatic rings. The van der Waals surface area contributed by atoms with E-state index < -0.39 is 8.32 Å². The highest BCUT2D eigenvalue weighted by Gasteiger charge is 2.42. The predicted molar refractivity (Wildman–Crippen MR) is 87.7 cm³/mol. The van der Waals surface area contributed by atoms with Gasteiger partial charge in [-0.1, -0.05) is 32.9 Å². The molecule has 1 saturated heterocycles. The molecule has 0 bridgehead atoms. The average Bonchev–Trinajstić information content (AvgIpc) is 2.31. The number of carbonyl (C=O) groups excluding carboxylic acids is 1. The van der Waals surface area contributed by atoms with Gasteiger partial charge in [-0.2, -0.15) is 0 Å². The summed E-state index contributed by atoms with van der Waals surface area (Å²) in [6, 6.07) is 0.0108. The molecule has 1 fully saturated rings. The van der Waals surface area contributed by atoms with E-state index in [1.807, 2.05) is 0 Å². The van der Waals surface area contributed by atoms with Gasteiger partial charge in [-0.3, -0.25) is 4.79 Å². The number of rotatable bonds is 5. The van der Waals surface area contributed by atoms with Crippen LogP contribution in [0.2, 0.25) is 18.1 Å². The van der Waals surface area contributed by atoms with E-state index >= 15 is 0 Å². The van der Waals surface area contributed by atoms with E-state index in [0.717, 1.165) is 12.0 Å². The first-order chi connectivity index (χ1) is 9.06. The smallest absolute Gasteiger partial charge is 0.220 e. The normalized spacial score (nSPS) is 24.4. The summed E-state index contributed by atoms with van der Waals surface area (Å²) in [7, 11) is -1.83. The van der Waals surface area contributed by atoms with Crippen LogP contribution < -0.4 is 5.32 Å². The van der Waals surface area contributed by atoms with Crippen molar-refractivity contribution in [1.82, 2.24) is 5.32 Å². The first-order valence-corrected chi connectivity index (χ1v) is 10.7. The van der Waals surface area contributed by atoms with Crippen molar-refractivity contribution in [2.45, 2.75) is 70.3 Å².